The maximum atomic E-state index is 12.8. The van der Waals surface area contributed by atoms with Gasteiger partial charge in [0.15, 0.2) is 5.16 Å². The number of fused-ring (bicyclic) bond motifs is 1. The number of amides is 1. The van der Waals surface area contributed by atoms with Gasteiger partial charge in [-0.05, 0) is 30.5 Å². The molecule has 5 nitrogen and oxygen atoms in total. The minimum absolute atomic E-state index is 0.0177. The van der Waals surface area contributed by atoms with E-state index in [1.165, 1.54) is 16.7 Å². The zero-order valence-corrected chi connectivity index (χ0v) is 15.9. The highest BCUT2D eigenvalue weighted by Crippen LogP contribution is 2.21. The van der Waals surface area contributed by atoms with Crippen LogP contribution in [-0.2, 0) is 11.3 Å². The minimum Gasteiger partial charge on any atom is -0.348 e. The summed E-state index contributed by atoms with van der Waals surface area (Å²) in [4.78, 5) is 30.8. The maximum Gasteiger partial charge on any atom is 0.262 e. The Bertz CT molecular complexity index is 802. The molecule has 24 heavy (non-hydrogen) atoms. The number of nitrogens with zero attached hydrogens (tertiary/aromatic N) is 3. The van der Waals surface area contributed by atoms with Crippen molar-refractivity contribution in [1.82, 2.24) is 14.5 Å². The average molecular weight is 368 g/mol. The van der Waals surface area contributed by atoms with Gasteiger partial charge in [0, 0.05) is 25.7 Å². The highest BCUT2D eigenvalue weighted by molar-refractivity contribution is 7.99. The van der Waals surface area contributed by atoms with Gasteiger partial charge >= 0.3 is 0 Å². The van der Waals surface area contributed by atoms with E-state index in [9.17, 15) is 9.59 Å². The Morgan fingerprint density at radius 1 is 1.38 bits per heavy atom. The van der Waals surface area contributed by atoms with E-state index < -0.39 is 0 Å². The standard InChI is InChI=1S/C17H22ClN3O2S/c1-11(2)7-8-21-16(23)13-6-5-12(18)9-14(13)19-17(21)24-10-15(22)20(3)4/h5-6,9,11H,7-8,10H2,1-4H3. The predicted molar refractivity (Wildman–Crippen MR) is 99.9 cm³/mol. The van der Waals surface area contributed by atoms with Crippen LogP contribution in [0, 0.1) is 5.92 Å². The van der Waals surface area contributed by atoms with Crippen LogP contribution in [0.4, 0.5) is 0 Å². The Morgan fingerprint density at radius 2 is 2.08 bits per heavy atom. The molecule has 0 unspecified atom stereocenters. The van der Waals surface area contributed by atoms with E-state index >= 15 is 0 Å². The smallest absolute Gasteiger partial charge is 0.262 e. The van der Waals surface area contributed by atoms with Crippen molar-refractivity contribution in [3.63, 3.8) is 0 Å². The van der Waals surface area contributed by atoms with E-state index in [-0.39, 0.29) is 17.2 Å². The first kappa shape index (κ1) is 18.8. The molecule has 0 radical (unpaired) electrons. The number of thioether (sulfide) groups is 1. The Balaban J connectivity index is 2.45. The summed E-state index contributed by atoms with van der Waals surface area (Å²) < 4.78 is 1.67. The van der Waals surface area contributed by atoms with Gasteiger partial charge in [0.05, 0.1) is 16.7 Å². The van der Waals surface area contributed by atoms with Crippen LogP contribution in [0.15, 0.2) is 28.2 Å². The first-order valence-corrected chi connectivity index (χ1v) is 9.19. The highest BCUT2D eigenvalue weighted by Gasteiger charge is 2.14. The third-order valence-electron chi connectivity index (χ3n) is 3.64. The van der Waals surface area contributed by atoms with Crippen molar-refractivity contribution >= 4 is 40.2 Å². The van der Waals surface area contributed by atoms with Gasteiger partial charge in [-0.1, -0.05) is 37.2 Å². The SMILES string of the molecule is CC(C)CCn1c(SCC(=O)N(C)C)nc2cc(Cl)ccc2c1=O. The quantitative estimate of drug-likeness (QED) is 0.580. The molecule has 0 fully saturated rings. The van der Waals surface area contributed by atoms with Gasteiger partial charge in [-0.25, -0.2) is 4.98 Å². The van der Waals surface area contributed by atoms with Crippen LogP contribution >= 0.6 is 23.4 Å². The number of rotatable bonds is 6. The zero-order chi connectivity index (χ0) is 17.9. The van der Waals surface area contributed by atoms with E-state index in [4.69, 9.17) is 11.6 Å². The van der Waals surface area contributed by atoms with E-state index in [1.54, 1.807) is 36.9 Å². The molecular formula is C17H22ClN3O2S. The predicted octanol–water partition coefficient (Wildman–Crippen LogP) is 3.28. The number of hydrogen-bond acceptors (Lipinski definition) is 4. The number of aromatic nitrogens is 2. The molecule has 0 N–H and O–H groups in total. The van der Waals surface area contributed by atoms with Crippen LogP contribution < -0.4 is 5.56 Å². The molecule has 2 rings (SSSR count). The third kappa shape index (κ3) is 4.51. The number of carbonyl (C=O) groups is 1. The lowest BCUT2D eigenvalue weighted by Crippen LogP contribution is -2.26. The summed E-state index contributed by atoms with van der Waals surface area (Å²) in [5, 5.41) is 1.65. The van der Waals surface area contributed by atoms with E-state index in [0.29, 0.717) is 33.5 Å². The monoisotopic (exact) mass is 367 g/mol. The summed E-state index contributed by atoms with van der Waals surface area (Å²) >= 11 is 7.31. The number of hydrogen-bond donors (Lipinski definition) is 0. The van der Waals surface area contributed by atoms with E-state index in [0.717, 1.165) is 6.42 Å². The first-order valence-electron chi connectivity index (χ1n) is 7.82. The lowest BCUT2D eigenvalue weighted by Gasteiger charge is -2.15. The Hall–Kier alpha value is -1.53. The molecule has 0 spiro atoms. The van der Waals surface area contributed by atoms with Gasteiger partial charge in [0.25, 0.3) is 5.56 Å². The van der Waals surface area contributed by atoms with Gasteiger partial charge in [-0.2, -0.15) is 0 Å². The van der Waals surface area contributed by atoms with Crippen LogP contribution in [0.3, 0.4) is 0 Å². The molecule has 7 heteroatoms. The van der Waals surface area contributed by atoms with Crippen molar-refractivity contribution in [3.8, 4) is 0 Å². The van der Waals surface area contributed by atoms with Gasteiger partial charge in [-0.3, -0.25) is 14.2 Å². The fraction of sp³-hybridized carbons (Fsp3) is 0.471. The first-order chi connectivity index (χ1) is 11.3. The van der Waals surface area contributed by atoms with E-state index in [1.807, 2.05) is 0 Å². The molecule has 1 aromatic carbocycles. The molecule has 130 valence electrons. The topological polar surface area (TPSA) is 55.2 Å². The van der Waals surface area contributed by atoms with Gasteiger partial charge in [-0.15, -0.1) is 0 Å². The van der Waals surface area contributed by atoms with Crippen LogP contribution in [0.1, 0.15) is 20.3 Å². The summed E-state index contributed by atoms with van der Waals surface area (Å²) in [7, 11) is 3.42. The lowest BCUT2D eigenvalue weighted by atomic mass is 10.1. The van der Waals surface area contributed by atoms with Gasteiger partial charge in [0.2, 0.25) is 5.91 Å². The Morgan fingerprint density at radius 3 is 2.71 bits per heavy atom. The highest BCUT2D eigenvalue weighted by atomic mass is 35.5. The second-order valence-electron chi connectivity index (χ2n) is 6.27. The van der Waals surface area contributed by atoms with Crippen LogP contribution in [0.5, 0.6) is 0 Å². The van der Waals surface area contributed by atoms with Crippen molar-refractivity contribution < 1.29 is 4.79 Å². The molecule has 1 aromatic heterocycles. The normalized spacial score (nSPS) is 11.2. The van der Waals surface area contributed by atoms with Crippen LogP contribution in [0.25, 0.3) is 10.9 Å². The Labute approximate surface area is 151 Å². The van der Waals surface area contributed by atoms with Crippen molar-refractivity contribution in [2.75, 3.05) is 19.8 Å². The van der Waals surface area contributed by atoms with Gasteiger partial charge in [0.1, 0.15) is 0 Å². The van der Waals surface area contributed by atoms with Crippen molar-refractivity contribution in [1.29, 1.82) is 0 Å². The second-order valence-corrected chi connectivity index (χ2v) is 7.65. The summed E-state index contributed by atoms with van der Waals surface area (Å²) in [5.41, 5.74) is 0.477. The number of halogens is 1. The maximum absolute atomic E-state index is 12.8. The Kier molecular flexibility index (Phi) is 6.29. The molecule has 1 heterocycles. The van der Waals surface area contributed by atoms with Crippen molar-refractivity contribution in [3.05, 3.63) is 33.6 Å². The summed E-state index contributed by atoms with van der Waals surface area (Å²) in [6.07, 6.45) is 0.871. The zero-order valence-electron chi connectivity index (χ0n) is 14.4. The van der Waals surface area contributed by atoms with Crippen LogP contribution in [-0.4, -0.2) is 40.2 Å². The number of carbonyl (C=O) groups excluding carboxylic acids is 1. The molecule has 0 aliphatic rings. The van der Waals surface area contributed by atoms with E-state index in [2.05, 4.69) is 18.8 Å². The van der Waals surface area contributed by atoms with Crippen molar-refractivity contribution in [2.24, 2.45) is 5.92 Å². The van der Waals surface area contributed by atoms with Crippen molar-refractivity contribution in [2.45, 2.75) is 32.0 Å². The molecule has 0 saturated heterocycles. The lowest BCUT2D eigenvalue weighted by molar-refractivity contribution is -0.125. The molecule has 2 aromatic rings. The minimum atomic E-state index is -0.0860. The fourth-order valence-corrected chi connectivity index (χ4v) is 3.29. The second kappa shape index (κ2) is 8.03. The summed E-state index contributed by atoms with van der Waals surface area (Å²) in [6, 6.07) is 5.09. The van der Waals surface area contributed by atoms with Crippen LogP contribution in [0.2, 0.25) is 5.02 Å². The summed E-state index contributed by atoms with van der Waals surface area (Å²) in [5.74, 6) is 0.697. The largest absolute Gasteiger partial charge is 0.348 e. The molecule has 0 aliphatic carbocycles. The molecule has 0 atom stereocenters. The molecule has 0 bridgehead atoms. The fourth-order valence-electron chi connectivity index (χ4n) is 2.12. The molecule has 0 saturated carbocycles. The average Bonchev–Trinajstić information content (AvgIpc) is 2.51. The summed E-state index contributed by atoms with van der Waals surface area (Å²) in [6.45, 7) is 4.81. The molecule has 0 aliphatic heterocycles. The third-order valence-corrected chi connectivity index (χ3v) is 4.83. The van der Waals surface area contributed by atoms with Gasteiger partial charge < -0.3 is 4.90 Å². The number of benzene rings is 1. The molecular weight excluding hydrogens is 346 g/mol. The molecule has 1 amide bonds.